The summed E-state index contributed by atoms with van der Waals surface area (Å²) in [5.74, 6) is -1.33. The van der Waals surface area contributed by atoms with E-state index in [0.717, 1.165) is 5.56 Å². The van der Waals surface area contributed by atoms with Crippen LogP contribution in [0, 0.1) is 19.7 Å². The van der Waals surface area contributed by atoms with Gasteiger partial charge < -0.3 is 5.11 Å². The van der Waals surface area contributed by atoms with Gasteiger partial charge in [-0.3, -0.25) is 0 Å². The van der Waals surface area contributed by atoms with E-state index in [1.807, 2.05) is 13.0 Å². The standard InChI is InChI=1S/C15H13FO2/c1-9-6-7-12(13(8-9)15(17)18)11-4-3-5-14(16)10(11)2/h3-8H,1-2H3,(H,17,18). The number of hydrogen-bond acceptors (Lipinski definition) is 1. The first-order chi connectivity index (χ1) is 8.50. The van der Waals surface area contributed by atoms with Crippen LogP contribution in [0.4, 0.5) is 4.39 Å². The van der Waals surface area contributed by atoms with Gasteiger partial charge in [0.25, 0.3) is 0 Å². The summed E-state index contributed by atoms with van der Waals surface area (Å²) >= 11 is 0. The van der Waals surface area contributed by atoms with Crippen molar-refractivity contribution >= 4 is 5.97 Å². The molecule has 3 heteroatoms. The molecule has 2 aromatic rings. The van der Waals surface area contributed by atoms with E-state index in [1.165, 1.54) is 6.07 Å². The Morgan fingerprint density at radius 3 is 2.50 bits per heavy atom. The van der Waals surface area contributed by atoms with Crippen molar-refractivity contribution in [1.82, 2.24) is 0 Å². The van der Waals surface area contributed by atoms with Gasteiger partial charge in [0.2, 0.25) is 0 Å². The highest BCUT2D eigenvalue weighted by atomic mass is 19.1. The van der Waals surface area contributed by atoms with E-state index in [2.05, 4.69) is 0 Å². The number of carboxylic acid groups (broad SMARTS) is 1. The van der Waals surface area contributed by atoms with Crippen molar-refractivity contribution in [3.8, 4) is 11.1 Å². The largest absolute Gasteiger partial charge is 0.478 e. The van der Waals surface area contributed by atoms with Crippen molar-refractivity contribution in [1.29, 1.82) is 0 Å². The van der Waals surface area contributed by atoms with Crippen LogP contribution in [0.3, 0.4) is 0 Å². The van der Waals surface area contributed by atoms with Gasteiger partial charge in [-0.05, 0) is 42.7 Å². The van der Waals surface area contributed by atoms with Crippen molar-refractivity contribution in [3.05, 3.63) is 58.9 Å². The lowest BCUT2D eigenvalue weighted by Gasteiger charge is -2.10. The van der Waals surface area contributed by atoms with Gasteiger partial charge in [0.1, 0.15) is 5.82 Å². The molecule has 2 rings (SSSR count). The first-order valence-electron chi connectivity index (χ1n) is 5.60. The fourth-order valence-corrected chi connectivity index (χ4v) is 1.97. The molecule has 0 saturated heterocycles. The number of aromatic carboxylic acids is 1. The third-order valence-corrected chi connectivity index (χ3v) is 2.96. The maximum Gasteiger partial charge on any atom is 0.336 e. The predicted molar refractivity (Wildman–Crippen MR) is 68.3 cm³/mol. The highest BCUT2D eigenvalue weighted by Gasteiger charge is 2.14. The van der Waals surface area contributed by atoms with E-state index < -0.39 is 5.97 Å². The van der Waals surface area contributed by atoms with Gasteiger partial charge in [0.15, 0.2) is 0 Å². The van der Waals surface area contributed by atoms with Crippen molar-refractivity contribution in [2.75, 3.05) is 0 Å². The number of benzene rings is 2. The number of halogens is 1. The molecule has 2 nitrogen and oxygen atoms in total. The van der Waals surface area contributed by atoms with E-state index in [-0.39, 0.29) is 11.4 Å². The lowest BCUT2D eigenvalue weighted by atomic mass is 9.94. The highest BCUT2D eigenvalue weighted by molar-refractivity contribution is 5.96. The van der Waals surface area contributed by atoms with Crippen molar-refractivity contribution < 1.29 is 14.3 Å². The summed E-state index contributed by atoms with van der Waals surface area (Å²) in [6.45, 7) is 3.48. The van der Waals surface area contributed by atoms with Crippen LogP contribution >= 0.6 is 0 Å². The van der Waals surface area contributed by atoms with Crippen LogP contribution in [0.15, 0.2) is 36.4 Å². The minimum atomic E-state index is -1.00. The average Bonchev–Trinajstić information content (AvgIpc) is 2.33. The third kappa shape index (κ3) is 2.12. The Balaban J connectivity index is 2.71. The lowest BCUT2D eigenvalue weighted by Crippen LogP contribution is -2.01. The molecule has 92 valence electrons. The second-order valence-electron chi connectivity index (χ2n) is 4.27. The van der Waals surface area contributed by atoms with Crippen LogP contribution in [0.1, 0.15) is 21.5 Å². The smallest absolute Gasteiger partial charge is 0.336 e. The number of carboxylic acids is 1. The van der Waals surface area contributed by atoms with Gasteiger partial charge >= 0.3 is 5.97 Å². The van der Waals surface area contributed by atoms with E-state index in [1.54, 1.807) is 31.2 Å². The lowest BCUT2D eigenvalue weighted by molar-refractivity contribution is 0.0697. The Kier molecular flexibility index (Phi) is 3.15. The normalized spacial score (nSPS) is 10.4. The molecule has 2 aromatic carbocycles. The van der Waals surface area contributed by atoms with Crippen molar-refractivity contribution in [2.24, 2.45) is 0 Å². The fourth-order valence-electron chi connectivity index (χ4n) is 1.97. The molecule has 18 heavy (non-hydrogen) atoms. The van der Waals surface area contributed by atoms with Crippen molar-refractivity contribution in [3.63, 3.8) is 0 Å². The van der Waals surface area contributed by atoms with Crippen LogP contribution in [0.5, 0.6) is 0 Å². The first kappa shape index (κ1) is 12.3. The Morgan fingerprint density at radius 2 is 1.83 bits per heavy atom. The maximum atomic E-state index is 13.5. The molecule has 0 amide bonds. The first-order valence-corrected chi connectivity index (χ1v) is 5.60. The third-order valence-electron chi connectivity index (χ3n) is 2.96. The molecule has 0 bridgehead atoms. The zero-order chi connectivity index (χ0) is 13.3. The van der Waals surface area contributed by atoms with E-state index in [9.17, 15) is 14.3 Å². The number of aryl methyl sites for hydroxylation is 1. The Hall–Kier alpha value is -2.16. The molecule has 0 saturated carbocycles. The van der Waals surface area contributed by atoms with Gasteiger partial charge in [-0.1, -0.05) is 29.8 Å². The quantitative estimate of drug-likeness (QED) is 0.872. The molecule has 0 aliphatic heterocycles. The van der Waals surface area contributed by atoms with Crippen LogP contribution in [-0.2, 0) is 0 Å². The van der Waals surface area contributed by atoms with Gasteiger partial charge in [-0.2, -0.15) is 0 Å². The summed E-state index contributed by atoms with van der Waals surface area (Å²) in [6, 6.07) is 9.83. The molecule has 0 spiro atoms. The minimum Gasteiger partial charge on any atom is -0.478 e. The Bertz CT molecular complexity index is 618. The van der Waals surface area contributed by atoms with Gasteiger partial charge in [-0.15, -0.1) is 0 Å². The Labute approximate surface area is 105 Å². The summed E-state index contributed by atoms with van der Waals surface area (Å²) in [6.07, 6.45) is 0. The molecule has 0 unspecified atom stereocenters. The molecule has 1 N–H and O–H groups in total. The van der Waals surface area contributed by atoms with E-state index in [0.29, 0.717) is 16.7 Å². The minimum absolute atomic E-state index is 0.198. The molecule has 0 atom stereocenters. The zero-order valence-corrected chi connectivity index (χ0v) is 10.2. The molecule has 0 aliphatic rings. The number of carbonyl (C=O) groups is 1. The summed E-state index contributed by atoms with van der Waals surface area (Å²) in [5, 5.41) is 9.22. The van der Waals surface area contributed by atoms with Crippen LogP contribution in [0.2, 0.25) is 0 Å². The summed E-state index contributed by atoms with van der Waals surface area (Å²) in [5.41, 5.74) is 2.69. The van der Waals surface area contributed by atoms with E-state index >= 15 is 0 Å². The van der Waals surface area contributed by atoms with Crippen LogP contribution < -0.4 is 0 Å². The van der Waals surface area contributed by atoms with Crippen molar-refractivity contribution in [2.45, 2.75) is 13.8 Å². The molecule has 0 aliphatic carbocycles. The van der Waals surface area contributed by atoms with Crippen LogP contribution in [-0.4, -0.2) is 11.1 Å². The SMILES string of the molecule is Cc1ccc(-c2cccc(F)c2C)c(C(=O)O)c1. The highest BCUT2D eigenvalue weighted by Crippen LogP contribution is 2.29. The van der Waals surface area contributed by atoms with E-state index in [4.69, 9.17) is 0 Å². The summed E-state index contributed by atoms with van der Waals surface area (Å²) in [4.78, 5) is 11.2. The van der Waals surface area contributed by atoms with Gasteiger partial charge in [-0.25, -0.2) is 9.18 Å². The molecule has 0 aromatic heterocycles. The molecule has 0 heterocycles. The molecule has 0 fully saturated rings. The van der Waals surface area contributed by atoms with Crippen LogP contribution in [0.25, 0.3) is 11.1 Å². The maximum absolute atomic E-state index is 13.5. The van der Waals surface area contributed by atoms with Gasteiger partial charge in [0.05, 0.1) is 5.56 Å². The average molecular weight is 244 g/mol. The Morgan fingerprint density at radius 1 is 1.11 bits per heavy atom. The second kappa shape index (κ2) is 4.61. The monoisotopic (exact) mass is 244 g/mol. The summed E-state index contributed by atoms with van der Waals surface area (Å²) < 4.78 is 13.5. The second-order valence-corrected chi connectivity index (χ2v) is 4.27. The molecule has 0 radical (unpaired) electrons. The topological polar surface area (TPSA) is 37.3 Å². The molecular formula is C15H13FO2. The molecular weight excluding hydrogens is 231 g/mol. The number of hydrogen-bond donors (Lipinski definition) is 1. The van der Waals surface area contributed by atoms with Gasteiger partial charge in [0, 0.05) is 0 Å². The predicted octanol–water partition coefficient (Wildman–Crippen LogP) is 3.81. The fraction of sp³-hybridized carbons (Fsp3) is 0.133. The number of rotatable bonds is 2. The summed E-state index contributed by atoms with van der Waals surface area (Å²) in [7, 11) is 0. The zero-order valence-electron chi connectivity index (χ0n) is 10.2.